The van der Waals surface area contributed by atoms with Crippen molar-refractivity contribution in [2.75, 3.05) is 11.1 Å². The maximum absolute atomic E-state index is 12.1. The smallest absolute Gasteiger partial charge is 0.335 e. The van der Waals surface area contributed by atoms with Crippen molar-refractivity contribution in [2.24, 2.45) is 0 Å². The molecule has 0 radical (unpaired) electrons. The van der Waals surface area contributed by atoms with E-state index in [2.05, 4.69) is 16.0 Å². The quantitative estimate of drug-likeness (QED) is 0.431. The second-order valence-corrected chi connectivity index (χ2v) is 8.02. The second kappa shape index (κ2) is 7.99. The second-order valence-electron chi connectivity index (χ2n) is 6.75. The van der Waals surface area contributed by atoms with Gasteiger partial charge in [0.05, 0.1) is 17.6 Å². The molecule has 2 aliphatic heterocycles. The molecule has 0 aliphatic carbocycles. The van der Waals surface area contributed by atoms with Crippen LogP contribution < -0.4 is 16.0 Å². The molecule has 1 aromatic carbocycles. The van der Waals surface area contributed by atoms with Gasteiger partial charge in [0.2, 0.25) is 5.91 Å². The largest absolute Gasteiger partial charge is 0.478 e. The van der Waals surface area contributed by atoms with E-state index in [1.807, 2.05) is 11.8 Å². The molecule has 2 heterocycles. The highest BCUT2D eigenvalue weighted by Gasteiger charge is 2.42. The summed E-state index contributed by atoms with van der Waals surface area (Å²) in [5.41, 5.74) is 1.48. The topological polar surface area (TPSA) is 108 Å². The number of nitrogens with one attached hydrogen (secondary N) is 3. The maximum atomic E-state index is 12.1. The molecule has 3 amide bonds. The summed E-state index contributed by atoms with van der Waals surface area (Å²) >= 11 is 1.88. The lowest BCUT2D eigenvalue weighted by atomic mass is 10.0. The molecule has 3 rings (SSSR count). The number of rotatable bonds is 7. The Bertz CT molecular complexity index is 724. The van der Waals surface area contributed by atoms with Crippen molar-refractivity contribution in [1.82, 2.24) is 10.6 Å². The summed E-state index contributed by atoms with van der Waals surface area (Å²) in [6.45, 7) is 1.71. The molecule has 2 aliphatic rings. The molecule has 8 heteroatoms. The summed E-state index contributed by atoms with van der Waals surface area (Å²) in [7, 11) is 0. The minimum atomic E-state index is -0.971. The zero-order valence-electron chi connectivity index (χ0n) is 14.6. The third-order valence-electron chi connectivity index (χ3n) is 4.82. The summed E-state index contributed by atoms with van der Waals surface area (Å²) in [4.78, 5) is 34.4. The predicted octanol–water partition coefficient (Wildman–Crippen LogP) is 2.36. The van der Waals surface area contributed by atoms with Crippen molar-refractivity contribution in [3.8, 4) is 0 Å². The Kier molecular flexibility index (Phi) is 5.70. The number of fused-ring (bicyclic) bond motifs is 1. The van der Waals surface area contributed by atoms with E-state index in [-0.39, 0.29) is 29.6 Å². The number of carbonyl (C=O) groups excluding carboxylic acids is 2. The highest BCUT2D eigenvalue weighted by atomic mass is 32.2. The number of urea groups is 1. The van der Waals surface area contributed by atoms with Crippen molar-refractivity contribution < 1.29 is 19.5 Å². The fourth-order valence-corrected chi connectivity index (χ4v) is 5.02. The lowest BCUT2D eigenvalue weighted by Crippen LogP contribution is -2.36. The number of unbranched alkanes of at least 4 members (excludes halogenated alkanes) is 1. The van der Waals surface area contributed by atoms with Crippen molar-refractivity contribution in [3.63, 3.8) is 0 Å². The monoisotopic (exact) mass is 377 g/mol. The first-order valence-corrected chi connectivity index (χ1v) is 9.81. The van der Waals surface area contributed by atoms with E-state index >= 15 is 0 Å². The third kappa shape index (κ3) is 4.30. The Labute approximate surface area is 156 Å². The van der Waals surface area contributed by atoms with Gasteiger partial charge in [0.1, 0.15) is 0 Å². The van der Waals surface area contributed by atoms with Crippen molar-refractivity contribution in [2.45, 2.75) is 49.9 Å². The summed E-state index contributed by atoms with van der Waals surface area (Å²) in [6, 6.07) is 5.15. The summed E-state index contributed by atoms with van der Waals surface area (Å²) in [6.07, 6.45) is 3.12. The fourth-order valence-electron chi connectivity index (χ4n) is 3.48. The first-order valence-electron chi connectivity index (χ1n) is 8.76. The van der Waals surface area contributed by atoms with Crippen LogP contribution in [0.3, 0.4) is 0 Å². The van der Waals surface area contributed by atoms with Gasteiger partial charge in [0.25, 0.3) is 0 Å². The van der Waals surface area contributed by atoms with Gasteiger partial charge in [-0.3, -0.25) is 4.79 Å². The number of amides is 3. The van der Waals surface area contributed by atoms with E-state index < -0.39 is 5.97 Å². The molecule has 3 atom stereocenters. The van der Waals surface area contributed by atoms with Crippen LogP contribution in [0.5, 0.6) is 0 Å². The Hall–Kier alpha value is -2.22. The zero-order valence-corrected chi connectivity index (χ0v) is 15.4. The van der Waals surface area contributed by atoms with Crippen LogP contribution in [0.2, 0.25) is 0 Å². The van der Waals surface area contributed by atoms with Gasteiger partial charge in [-0.05, 0) is 43.5 Å². The standard InChI is InChI=1S/C18H23N3O4S/c1-10-8-11(6-7-12(10)17(23)24)19-15(22)5-3-2-4-14-16-13(9-26-14)20-18(25)21-16/h6-8,13-14,16H,2-5,9H2,1H3,(H,19,22)(H,23,24)(H2,20,21,25)/t13-,14-,16-/m0/s1. The van der Waals surface area contributed by atoms with Crippen LogP contribution in [0.4, 0.5) is 10.5 Å². The van der Waals surface area contributed by atoms with Crippen LogP contribution in [0.1, 0.15) is 41.6 Å². The van der Waals surface area contributed by atoms with E-state index in [9.17, 15) is 14.4 Å². The minimum absolute atomic E-state index is 0.0692. The lowest BCUT2D eigenvalue weighted by Gasteiger charge is -2.16. The number of hydrogen-bond donors (Lipinski definition) is 4. The molecular weight excluding hydrogens is 354 g/mol. The molecule has 26 heavy (non-hydrogen) atoms. The average molecular weight is 377 g/mol. The van der Waals surface area contributed by atoms with Crippen molar-refractivity contribution >= 4 is 35.4 Å². The Morgan fingerprint density at radius 1 is 1.31 bits per heavy atom. The van der Waals surface area contributed by atoms with Gasteiger partial charge in [-0.2, -0.15) is 11.8 Å². The molecule has 4 N–H and O–H groups in total. The van der Waals surface area contributed by atoms with Crippen LogP contribution in [-0.2, 0) is 4.79 Å². The number of thioether (sulfide) groups is 1. The SMILES string of the molecule is Cc1cc(NC(=O)CCCC[C@@H]2SC[C@@H]3NC(=O)N[C@@H]32)ccc1C(=O)O. The van der Waals surface area contributed by atoms with Gasteiger partial charge in [-0.25, -0.2) is 9.59 Å². The maximum Gasteiger partial charge on any atom is 0.335 e. The highest BCUT2D eigenvalue weighted by molar-refractivity contribution is 8.00. The van der Waals surface area contributed by atoms with Crippen LogP contribution >= 0.6 is 11.8 Å². The van der Waals surface area contributed by atoms with Gasteiger partial charge in [0.15, 0.2) is 0 Å². The summed E-state index contributed by atoms with van der Waals surface area (Å²) in [5.74, 6) is -0.0958. The van der Waals surface area contributed by atoms with Crippen molar-refractivity contribution in [3.05, 3.63) is 29.3 Å². The van der Waals surface area contributed by atoms with Crippen molar-refractivity contribution in [1.29, 1.82) is 0 Å². The van der Waals surface area contributed by atoms with Gasteiger partial charge in [-0.1, -0.05) is 6.42 Å². The molecule has 140 valence electrons. The van der Waals surface area contributed by atoms with Gasteiger partial charge in [-0.15, -0.1) is 0 Å². The molecule has 1 aromatic rings. The molecule has 0 aromatic heterocycles. The van der Waals surface area contributed by atoms with Crippen LogP contribution in [0.25, 0.3) is 0 Å². The lowest BCUT2D eigenvalue weighted by molar-refractivity contribution is -0.116. The molecule has 0 bridgehead atoms. The summed E-state index contributed by atoms with van der Waals surface area (Å²) in [5, 5.41) is 18.2. The Balaban J connectivity index is 1.39. The van der Waals surface area contributed by atoms with Gasteiger partial charge < -0.3 is 21.1 Å². The summed E-state index contributed by atoms with van der Waals surface area (Å²) < 4.78 is 0. The first-order chi connectivity index (χ1) is 12.4. The molecule has 0 saturated carbocycles. The molecule has 0 spiro atoms. The molecule has 2 saturated heterocycles. The zero-order chi connectivity index (χ0) is 18.7. The molecular formula is C18H23N3O4S. The van der Waals surface area contributed by atoms with E-state index in [0.29, 0.717) is 22.9 Å². The van der Waals surface area contributed by atoms with E-state index in [1.165, 1.54) is 6.07 Å². The van der Waals surface area contributed by atoms with Crippen LogP contribution in [-0.4, -0.2) is 46.1 Å². The number of aromatic carboxylic acids is 1. The third-order valence-corrected chi connectivity index (χ3v) is 6.33. The van der Waals surface area contributed by atoms with Crippen LogP contribution in [0.15, 0.2) is 18.2 Å². The van der Waals surface area contributed by atoms with E-state index in [4.69, 9.17) is 5.11 Å². The van der Waals surface area contributed by atoms with Gasteiger partial charge in [0, 0.05) is 23.1 Å². The van der Waals surface area contributed by atoms with E-state index in [0.717, 1.165) is 25.0 Å². The fraction of sp³-hybridized carbons (Fsp3) is 0.500. The van der Waals surface area contributed by atoms with Gasteiger partial charge >= 0.3 is 12.0 Å². The minimum Gasteiger partial charge on any atom is -0.478 e. The Morgan fingerprint density at radius 2 is 2.12 bits per heavy atom. The molecule has 2 fully saturated rings. The molecule has 7 nitrogen and oxygen atoms in total. The number of anilines is 1. The number of carbonyl (C=O) groups is 3. The molecule has 0 unspecified atom stereocenters. The predicted molar refractivity (Wildman–Crippen MR) is 101 cm³/mol. The Morgan fingerprint density at radius 3 is 2.85 bits per heavy atom. The number of aryl methyl sites for hydroxylation is 1. The average Bonchev–Trinajstić information content (AvgIpc) is 3.11. The number of carboxylic acid groups (broad SMARTS) is 1. The number of carboxylic acids is 1. The highest BCUT2D eigenvalue weighted by Crippen LogP contribution is 2.33. The number of benzene rings is 1. The normalized spacial score (nSPS) is 23.9. The first kappa shape index (κ1) is 18.6. The van der Waals surface area contributed by atoms with Crippen LogP contribution in [0, 0.1) is 6.92 Å². The van der Waals surface area contributed by atoms with E-state index in [1.54, 1.807) is 19.1 Å². The number of hydrogen-bond acceptors (Lipinski definition) is 4.